The van der Waals surface area contributed by atoms with E-state index in [1.54, 1.807) is 0 Å². The Balaban J connectivity index is 1.95. The molecule has 0 radical (unpaired) electrons. The quantitative estimate of drug-likeness (QED) is 0.738. The summed E-state index contributed by atoms with van der Waals surface area (Å²) in [5.41, 5.74) is 2.15. The van der Waals surface area contributed by atoms with E-state index in [4.69, 9.17) is 0 Å². The second-order valence-electron chi connectivity index (χ2n) is 5.19. The first kappa shape index (κ1) is 12.3. The number of rotatable bonds is 1. The molecule has 3 nitrogen and oxygen atoms in total. The van der Waals surface area contributed by atoms with Crippen molar-refractivity contribution >= 4 is 17.0 Å². The molecule has 0 spiro atoms. The zero-order chi connectivity index (χ0) is 14.4. The molecule has 0 bridgehead atoms. The predicted octanol–water partition coefficient (Wildman–Crippen LogP) is 3.72. The highest BCUT2D eigenvalue weighted by Crippen LogP contribution is 2.35. The first-order chi connectivity index (χ1) is 10.2. The van der Waals surface area contributed by atoms with Crippen LogP contribution in [0.25, 0.3) is 11.0 Å². The Hall–Kier alpha value is -2.43. The van der Waals surface area contributed by atoms with Crippen molar-refractivity contribution in [3.63, 3.8) is 0 Å². The van der Waals surface area contributed by atoms with E-state index in [0.29, 0.717) is 24.5 Å². The predicted molar refractivity (Wildman–Crippen MR) is 77.3 cm³/mol. The second kappa shape index (κ2) is 4.55. The van der Waals surface area contributed by atoms with Crippen LogP contribution in [-0.4, -0.2) is 16.1 Å². The summed E-state index contributed by atoms with van der Waals surface area (Å²) in [6, 6.07) is 11.1. The van der Waals surface area contributed by atoms with Gasteiger partial charge in [-0.2, -0.15) is 0 Å². The number of imidazole rings is 1. The van der Waals surface area contributed by atoms with Gasteiger partial charge in [-0.25, -0.2) is 13.8 Å². The van der Waals surface area contributed by atoms with E-state index in [1.807, 2.05) is 28.8 Å². The molecule has 1 N–H and O–H groups in total. The highest BCUT2D eigenvalue weighted by atomic mass is 19.1. The van der Waals surface area contributed by atoms with Crippen LogP contribution in [0.5, 0.6) is 0 Å². The lowest BCUT2D eigenvalue weighted by Gasteiger charge is -2.27. The monoisotopic (exact) mass is 285 g/mol. The highest BCUT2D eigenvalue weighted by molar-refractivity contribution is 5.79. The average molecular weight is 285 g/mol. The fourth-order valence-corrected chi connectivity index (χ4v) is 3.00. The number of fused-ring (bicyclic) bond motifs is 3. The van der Waals surface area contributed by atoms with Gasteiger partial charge in [0.15, 0.2) is 0 Å². The van der Waals surface area contributed by atoms with Crippen LogP contribution in [0, 0.1) is 11.6 Å². The van der Waals surface area contributed by atoms with Gasteiger partial charge in [0.2, 0.25) is 5.95 Å². The molecule has 0 aliphatic carbocycles. The first-order valence-corrected chi connectivity index (χ1v) is 6.90. The van der Waals surface area contributed by atoms with Gasteiger partial charge in [-0.05, 0) is 36.8 Å². The normalized spacial score (nSPS) is 17.5. The van der Waals surface area contributed by atoms with Crippen molar-refractivity contribution in [2.75, 3.05) is 11.9 Å². The fraction of sp³-hybridized carbons (Fsp3) is 0.188. The number of para-hydroxylation sites is 2. The highest BCUT2D eigenvalue weighted by Gasteiger charge is 2.26. The molecule has 2 aromatic carbocycles. The molecular weight excluding hydrogens is 272 g/mol. The molecule has 0 fully saturated rings. The van der Waals surface area contributed by atoms with Gasteiger partial charge in [-0.3, -0.25) is 0 Å². The fourth-order valence-electron chi connectivity index (χ4n) is 3.00. The summed E-state index contributed by atoms with van der Waals surface area (Å²) in [5.74, 6) is -0.0981. The van der Waals surface area contributed by atoms with Gasteiger partial charge in [-0.1, -0.05) is 12.1 Å². The minimum atomic E-state index is -0.420. The number of benzene rings is 2. The van der Waals surface area contributed by atoms with Crippen molar-refractivity contribution in [1.29, 1.82) is 0 Å². The molecule has 1 aromatic heterocycles. The lowest BCUT2D eigenvalue weighted by Crippen LogP contribution is -2.24. The third-order valence-corrected chi connectivity index (χ3v) is 3.93. The maximum Gasteiger partial charge on any atom is 0.204 e. The Labute approximate surface area is 120 Å². The van der Waals surface area contributed by atoms with Gasteiger partial charge in [0.1, 0.15) is 11.6 Å². The van der Waals surface area contributed by atoms with Crippen LogP contribution in [0.1, 0.15) is 18.0 Å². The topological polar surface area (TPSA) is 29.9 Å². The van der Waals surface area contributed by atoms with Crippen LogP contribution in [0.2, 0.25) is 0 Å². The third kappa shape index (κ3) is 1.88. The maximum absolute atomic E-state index is 14.1. The molecule has 3 aromatic rings. The standard InChI is InChI=1S/C16H13F2N3/c17-10-5-6-12(18)11(9-10)14-7-8-19-16-20-13-3-1-2-4-15(13)21(14)16/h1-6,9,14H,7-8H2,(H,19,20). The third-order valence-electron chi connectivity index (χ3n) is 3.93. The largest absolute Gasteiger partial charge is 0.356 e. The zero-order valence-electron chi connectivity index (χ0n) is 11.2. The molecule has 0 saturated heterocycles. The van der Waals surface area contributed by atoms with Crippen molar-refractivity contribution in [3.8, 4) is 0 Å². The number of hydrogen-bond acceptors (Lipinski definition) is 2. The molecule has 1 aliphatic rings. The summed E-state index contributed by atoms with van der Waals surface area (Å²) in [7, 11) is 0. The van der Waals surface area contributed by atoms with Crippen molar-refractivity contribution in [3.05, 3.63) is 59.7 Å². The Morgan fingerprint density at radius 1 is 1.14 bits per heavy atom. The van der Waals surface area contributed by atoms with Crippen LogP contribution in [-0.2, 0) is 0 Å². The minimum Gasteiger partial charge on any atom is -0.356 e. The van der Waals surface area contributed by atoms with Crippen molar-refractivity contribution in [2.24, 2.45) is 0 Å². The van der Waals surface area contributed by atoms with E-state index in [2.05, 4.69) is 10.3 Å². The van der Waals surface area contributed by atoms with E-state index in [1.165, 1.54) is 12.1 Å². The Kier molecular flexibility index (Phi) is 2.67. The van der Waals surface area contributed by atoms with Gasteiger partial charge in [0.05, 0.1) is 17.1 Å². The number of hydrogen-bond donors (Lipinski definition) is 1. The molecule has 1 unspecified atom stereocenters. The number of aromatic nitrogens is 2. The lowest BCUT2D eigenvalue weighted by atomic mass is 10.0. The summed E-state index contributed by atoms with van der Waals surface area (Å²) in [6.07, 6.45) is 0.688. The van der Waals surface area contributed by atoms with Crippen molar-refractivity contribution in [2.45, 2.75) is 12.5 Å². The SMILES string of the molecule is Fc1ccc(F)c(C2CCNc3nc4ccccc4n32)c1. The molecular formula is C16H13F2N3. The summed E-state index contributed by atoms with van der Waals surface area (Å²) in [4.78, 5) is 4.52. The molecule has 1 aliphatic heterocycles. The summed E-state index contributed by atoms with van der Waals surface area (Å²) in [6.45, 7) is 0.684. The molecule has 4 rings (SSSR count). The minimum absolute atomic E-state index is 0.246. The van der Waals surface area contributed by atoms with Gasteiger partial charge >= 0.3 is 0 Å². The number of nitrogens with zero attached hydrogens (tertiary/aromatic N) is 2. The average Bonchev–Trinajstić information content (AvgIpc) is 2.88. The van der Waals surface area contributed by atoms with Gasteiger partial charge in [0.25, 0.3) is 0 Å². The molecule has 0 amide bonds. The number of halogens is 2. The summed E-state index contributed by atoms with van der Waals surface area (Å²) < 4.78 is 29.6. The Bertz CT molecular complexity index is 826. The van der Waals surface area contributed by atoms with Crippen LogP contribution < -0.4 is 5.32 Å². The van der Waals surface area contributed by atoms with Gasteiger partial charge < -0.3 is 9.88 Å². The second-order valence-corrected chi connectivity index (χ2v) is 5.19. The lowest BCUT2D eigenvalue weighted by molar-refractivity contribution is 0.498. The smallest absolute Gasteiger partial charge is 0.204 e. The molecule has 106 valence electrons. The number of nitrogens with one attached hydrogen (secondary N) is 1. The van der Waals surface area contributed by atoms with Crippen molar-refractivity contribution < 1.29 is 8.78 Å². The van der Waals surface area contributed by atoms with E-state index >= 15 is 0 Å². The van der Waals surface area contributed by atoms with Gasteiger partial charge in [0, 0.05) is 12.1 Å². The molecule has 0 saturated carbocycles. The van der Waals surface area contributed by atoms with Crippen LogP contribution >= 0.6 is 0 Å². The first-order valence-electron chi connectivity index (χ1n) is 6.90. The van der Waals surface area contributed by atoms with E-state index in [0.717, 1.165) is 17.1 Å². The van der Waals surface area contributed by atoms with Crippen LogP contribution in [0.3, 0.4) is 0 Å². The number of anilines is 1. The zero-order valence-corrected chi connectivity index (χ0v) is 11.2. The van der Waals surface area contributed by atoms with Crippen LogP contribution in [0.4, 0.5) is 14.7 Å². The summed E-state index contributed by atoms with van der Waals surface area (Å²) >= 11 is 0. The van der Waals surface area contributed by atoms with Crippen molar-refractivity contribution in [1.82, 2.24) is 9.55 Å². The van der Waals surface area contributed by atoms with Crippen LogP contribution in [0.15, 0.2) is 42.5 Å². The molecule has 21 heavy (non-hydrogen) atoms. The van der Waals surface area contributed by atoms with E-state index in [9.17, 15) is 8.78 Å². The van der Waals surface area contributed by atoms with Gasteiger partial charge in [-0.15, -0.1) is 0 Å². The Morgan fingerprint density at radius 2 is 2.00 bits per heavy atom. The van der Waals surface area contributed by atoms with E-state index in [-0.39, 0.29) is 11.9 Å². The van der Waals surface area contributed by atoms with E-state index < -0.39 is 5.82 Å². The molecule has 5 heteroatoms. The molecule has 2 heterocycles. The summed E-state index contributed by atoms with van der Waals surface area (Å²) in [5, 5.41) is 3.22. The molecule has 1 atom stereocenters. The Morgan fingerprint density at radius 3 is 2.90 bits per heavy atom. The maximum atomic E-state index is 14.1.